The number of ketones is 1. The fraction of sp³-hybridized carbons (Fsp3) is 0.757. The molecular weight excluding hydrogens is 636 g/mol. The first kappa shape index (κ1) is 37.5. The molecule has 0 bridgehead atoms. The molecule has 5 amide bonds. The second kappa shape index (κ2) is 13.4. The van der Waals surface area contributed by atoms with Gasteiger partial charge in [0, 0.05) is 30.9 Å². The number of rotatable bonds is 12. The number of hydrogen-bond donors (Lipinski definition) is 5. The molecule has 5 atom stereocenters. The molecule has 0 radical (unpaired) electrons. The van der Waals surface area contributed by atoms with Crippen molar-refractivity contribution in [2.45, 2.75) is 131 Å². The number of carbonyl (C=O) groups is 5. The van der Waals surface area contributed by atoms with Gasteiger partial charge in [-0.15, -0.1) is 0 Å². The zero-order chi connectivity index (χ0) is 36.9. The van der Waals surface area contributed by atoms with Crippen LogP contribution in [0.5, 0.6) is 0 Å². The van der Waals surface area contributed by atoms with Crippen molar-refractivity contribution in [2.75, 3.05) is 18.4 Å². The molecule has 1 aromatic rings. The van der Waals surface area contributed by atoms with E-state index < -0.39 is 47.2 Å². The number of likely N-dealkylation sites (tertiary alicyclic amines) is 1. The summed E-state index contributed by atoms with van der Waals surface area (Å²) in [5.41, 5.74) is 4.04. The Balaban J connectivity index is 1.38. The highest BCUT2D eigenvalue weighted by Gasteiger charge is 2.85. The maximum Gasteiger partial charge on any atom is 0.315 e. The molecule has 4 aliphatic rings. The lowest BCUT2D eigenvalue weighted by Crippen LogP contribution is -2.61. The van der Waals surface area contributed by atoms with Gasteiger partial charge in [0.25, 0.3) is 5.91 Å². The number of hydrogen-bond acceptors (Lipinski definition) is 8. The SMILES string of the molecule is CC(C)(C)[C@H](NC(=O)N[C@H](CNc1ncccn1)C(C)(C)C)C(=O)N1C[C@]2(C[C@H]1C(=O)NC(CC1CCC1)C(=O)C(N)=O)C(C)(C)C21CCC1. The molecular formula is C37H58N8O5. The van der Waals surface area contributed by atoms with Gasteiger partial charge in [0.2, 0.25) is 23.5 Å². The molecule has 0 aromatic carbocycles. The van der Waals surface area contributed by atoms with Gasteiger partial charge in [-0.2, -0.15) is 0 Å². The van der Waals surface area contributed by atoms with Crippen LogP contribution < -0.4 is 27.0 Å². The zero-order valence-electron chi connectivity index (χ0n) is 31.2. The second-order valence-electron chi connectivity index (χ2n) is 17.9. The van der Waals surface area contributed by atoms with Crippen molar-refractivity contribution in [3.63, 3.8) is 0 Å². The van der Waals surface area contributed by atoms with E-state index in [1.54, 1.807) is 23.4 Å². The first-order chi connectivity index (χ1) is 23.2. The van der Waals surface area contributed by atoms with E-state index in [0.29, 0.717) is 31.9 Å². The van der Waals surface area contributed by atoms with Crippen LogP contribution in [-0.2, 0) is 19.2 Å². The van der Waals surface area contributed by atoms with E-state index in [9.17, 15) is 24.0 Å². The number of aromatic nitrogens is 2. The van der Waals surface area contributed by atoms with Gasteiger partial charge >= 0.3 is 6.03 Å². The summed E-state index contributed by atoms with van der Waals surface area (Å²) < 4.78 is 0. The predicted octanol–water partition coefficient (Wildman–Crippen LogP) is 3.54. The van der Waals surface area contributed by atoms with Crippen molar-refractivity contribution in [1.82, 2.24) is 30.8 Å². The molecule has 1 aliphatic heterocycles. The third kappa shape index (κ3) is 6.80. The number of primary amides is 1. The van der Waals surface area contributed by atoms with Crippen molar-refractivity contribution in [3.05, 3.63) is 18.5 Å². The number of fused-ring (bicyclic) bond motifs is 1. The van der Waals surface area contributed by atoms with E-state index in [4.69, 9.17) is 5.73 Å². The molecule has 2 heterocycles. The summed E-state index contributed by atoms with van der Waals surface area (Å²) in [7, 11) is 0. The molecule has 1 unspecified atom stereocenters. The highest BCUT2D eigenvalue weighted by atomic mass is 16.2. The van der Waals surface area contributed by atoms with Crippen molar-refractivity contribution < 1.29 is 24.0 Å². The summed E-state index contributed by atoms with van der Waals surface area (Å²) >= 11 is 0. The van der Waals surface area contributed by atoms with Gasteiger partial charge in [0.05, 0.1) is 12.1 Å². The molecule has 1 saturated heterocycles. The Kier molecular flexibility index (Phi) is 10.1. The van der Waals surface area contributed by atoms with Crippen LogP contribution in [0, 0.1) is 33.0 Å². The lowest BCUT2D eigenvalue weighted by Gasteiger charge is -2.37. The van der Waals surface area contributed by atoms with Crippen LogP contribution >= 0.6 is 0 Å². The van der Waals surface area contributed by atoms with Gasteiger partial charge in [-0.1, -0.05) is 81.1 Å². The quantitative estimate of drug-likeness (QED) is 0.206. The maximum atomic E-state index is 14.8. The molecule has 1 aromatic heterocycles. The molecule has 3 saturated carbocycles. The number of carbonyl (C=O) groups excluding carboxylic acids is 5. The Bertz CT molecular complexity index is 1480. The Morgan fingerprint density at radius 1 is 0.920 bits per heavy atom. The number of Topliss-reactive ketones (excluding diaryl/α,β-unsaturated/α-hetero) is 1. The van der Waals surface area contributed by atoms with Crippen LogP contribution in [0.4, 0.5) is 10.7 Å². The number of amides is 5. The van der Waals surface area contributed by atoms with Crippen LogP contribution in [0.25, 0.3) is 0 Å². The smallest absolute Gasteiger partial charge is 0.315 e. The van der Waals surface area contributed by atoms with E-state index >= 15 is 0 Å². The van der Waals surface area contributed by atoms with Crippen LogP contribution in [-0.4, -0.2) is 81.7 Å². The summed E-state index contributed by atoms with van der Waals surface area (Å²) in [5, 5.41) is 12.1. The van der Waals surface area contributed by atoms with Crippen LogP contribution in [0.1, 0.15) is 107 Å². The first-order valence-electron chi connectivity index (χ1n) is 18.3. The van der Waals surface area contributed by atoms with Gasteiger partial charge in [0.1, 0.15) is 12.1 Å². The van der Waals surface area contributed by atoms with Crippen molar-refractivity contribution in [3.8, 4) is 0 Å². The molecule has 13 nitrogen and oxygen atoms in total. The normalized spacial score (nSPS) is 25.4. The summed E-state index contributed by atoms with van der Waals surface area (Å²) in [6.45, 7) is 16.9. The standard InChI is InChI=1S/C37H58N8O5/c1-33(2,3)25(20-41-31-39-16-11-17-40-31)43-32(50)44-27(34(4,5)6)30(49)45-21-37(35(7,8)36(37)14-10-15-36)19-24(45)29(48)42-23(26(46)28(38)47)18-22-12-9-13-22/h11,16-17,22-25,27H,9-10,12-15,18-21H2,1-8H3,(H2,38,47)(H,42,48)(H,39,40,41)(H2,43,44,50)/t23?,24-,25+,27+,37+/m0/s1. The fourth-order valence-electron chi connectivity index (χ4n) is 9.10. The average Bonchev–Trinajstić information content (AvgIpc) is 3.21. The fourth-order valence-corrected chi connectivity index (χ4v) is 9.10. The minimum Gasteiger partial charge on any atom is -0.363 e. The molecule has 50 heavy (non-hydrogen) atoms. The largest absolute Gasteiger partial charge is 0.363 e. The van der Waals surface area contributed by atoms with Gasteiger partial charge in [-0.05, 0) is 59.3 Å². The first-order valence-corrected chi connectivity index (χ1v) is 18.3. The highest BCUT2D eigenvalue weighted by Crippen LogP contribution is 2.88. The second-order valence-corrected chi connectivity index (χ2v) is 17.9. The van der Waals surface area contributed by atoms with E-state index in [2.05, 4.69) is 45.1 Å². The van der Waals surface area contributed by atoms with Crippen LogP contribution in [0.3, 0.4) is 0 Å². The number of anilines is 1. The molecule has 4 fully saturated rings. The number of nitrogens with zero attached hydrogens (tertiary/aromatic N) is 3. The van der Waals surface area contributed by atoms with Crippen molar-refractivity contribution in [2.24, 2.45) is 38.7 Å². The number of nitrogens with two attached hydrogens (primary N) is 1. The highest BCUT2D eigenvalue weighted by molar-refractivity contribution is 6.37. The summed E-state index contributed by atoms with van der Waals surface area (Å²) in [4.78, 5) is 77.7. The Morgan fingerprint density at radius 3 is 2.04 bits per heavy atom. The third-order valence-corrected chi connectivity index (χ3v) is 12.8. The Morgan fingerprint density at radius 2 is 1.56 bits per heavy atom. The lowest BCUT2D eigenvalue weighted by atomic mass is 9.73. The summed E-state index contributed by atoms with van der Waals surface area (Å²) in [6.07, 6.45) is 10.2. The van der Waals surface area contributed by atoms with Crippen LogP contribution in [0.2, 0.25) is 0 Å². The molecule has 3 aliphatic carbocycles. The predicted molar refractivity (Wildman–Crippen MR) is 189 cm³/mol. The maximum absolute atomic E-state index is 14.8. The van der Waals surface area contributed by atoms with Crippen molar-refractivity contribution >= 4 is 35.5 Å². The van der Waals surface area contributed by atoms with Gasteiger partial charge in [-0.25, -0.2) is 14.8 Å². The summed E-state index contributed by atoms with van der Waals surface area (Å²) in [6, 6.07) is -1.98. The Hall–Kier alpha value is -3.77. The van der Waals surface area contributed by atoms with E-state index in [1.165, 1.54) is 0 Å². The van der Waals surface area contributed by atoms with E-state index in [-0.39, 0.29) is 39.5 Å². The number of nitrogens with one attached hydrogen (secondary N) is 4. The molecule has 2 spiro atoms. The van der Waals surface area contributed by atoms with Gasteiger partial charge in [-0.3, -0.25) is 19.2 Å². The molecule has 6 N–H and O–H groups in total. The van der Waals surface area contributed by atoms with Gasteiger partial charge in [0.15, 0.2) is 0 Å². The third-order valence-electron chi connectivity index (χ3n) is 12.8. The van der Waals surface area contributed by atoms with E-state index in [0.717, 1.165) is 38.5 Å². The molecule has 5 rings (SSSR count). The van der Waals surface area contributed by atoms with Crippen molar-refractivity contribution in [1.29, 1.82) is 0 Å². The minimum atomic E-state index is -1.08. The minimum absolute atomic E-state index is 0.0410. The Labute approximate surface area is 296 Å². The van der Waals surface area contributed by atoms with Gasteiger partial charge < -0.3 is 31.9 Å². The summed E-state index contributed by atoms with van der Waals surface area (Å²) in [5.74, 6) is -2.01. The van der Waals surface area contributed by atoms with Crippen LogP contribution in [0.15, 0.2) is 18.5 Å². The monoisotopic (exact) mass is 694 g/mol. The number of urea groups is 1. The van der Waals surface area contributed by atoms with E-state index in [1.807, 2.05) is 41.5 Å². The topological polar surface area (TPSA) is 189 Å². The lowest BCUT2D eigenvalue weighted by molar-refractivity contribution is -0.143. The average molecular weight is 695 g/mol. The molecule has 13 heteroatoms. The zero-order valence-corrected chi connectivity index (χ0v) is 31.2. The molecule has 276 valence electrons.